The fraction of sp³-hybridized carbons (Fsp3) is 0.538. The van der Waals surface area contributed by atoms with Gasteiger partial charge in [-0.05, 0) is 53.5 Å². The molecule has 0 N–H and O–H groups in total. The van der Waals surface area contributed by atoms with E-state index in [0.717, 1.165) is 56.4 Å². The lowest BCUT2D eigenvalue weighted by Crippen LogP contribution is -2.48. The molecule has 6 heteroatoms. The molecule has 176 valence electrons. The maximum absolute atomic E-state index is 6.36. The van der Waals surface area contributed by atoms with Gasteiger partial charge in [-0.3, -0.25) is 4.90 Å². The number of anilines is 1. The number of rotatable bonds is 8. The largest absolute Gasteiger partial charge is 0.493 e. The second-order valence-electron chi connectivity index (χ2n) is 10.1. The summed E-state index contributed by atoms with van der Waals surface area (Å²) in [6.07, 6.45) is 0. The van der Waals surface area contributed by atoms with E-state index in [-0.39, 0.29) is 5.04 Å². The van der Waals surface area contributed by atoms with Crippen molar-refractivity contribution in [2.45, 2.75) is 38.9 Å². The van der Waals surface area contributed by atoms with E-state index >= 15 is 0 Å². The third kappa shape index (κ3) is 5.85. The van der Waals surface area contributed by atoms with Crippen LogP contribution in [0.3, 0.4) is 0 Å². The molecule has 32 heavy (non-hydrogen) atoms. The average Bonchev–Trinajstić information content (AvgIpc) is 2.78. The van der Waals surface area contributed by atoms with E-state index in [0.29, 0.717) is 0 Å². The van der Waals surface area contributed by atoms with Gasteiger partial charge in [0.15, 0.2) is 19.8 Å². The van der Waals surface area contributed by atoms with Gasteiger partial charge in [0.25, 0.3) is 0 Å². The Morgan fingerprint density at radius 2 is 1.41 bits per heavy atom. The van der Waals surface area contributed by atoms with Gasteiger partial charge >= 0.3 is 0 Å². The van der Waals surface area contributed by atoms with Crippen molar-refractivity contribution in [3.63, 3.8) is 0 Å². The lowest BCUT2D eigenvalue weighted by Gasteiger charge is -2.39. The number of piperazine rings is 1. The number of hydrogen-bond donors (Lipinski definition) is 0. The minimum Gasteiger partial charge on any atom is -0.493 e. The minimum atomic E-state index is -1.65. The van der Waals surface area contributed by atoms with E-state index in [9.17, 15) is 0 Å². The predicted octanol–water partition coefficient (Wildman–Crippen LogP) is 5.51. The molecule has 0 amide bonds. The van der Waals surface area contributed by atoms with E-state index in [1.54, 1.807) is 14.2 Å². The zero-order valence-corrected chi connectivity index (χ0v) is 21.9. The van der Waals surface area contributed by atoms with Crippen LogP contribution in [-0.2, 0) is 4.43 Å². The van der Waals surface area contributed by atoms with Crippen molar-refractivity contribution in [1.29, 1.82) is 0 Å². The predicted molar refractivity (Wildman–Crippen MR) is 137 cm³/mol. The second-order valence-corrected chi connectivity index (χ2v) is 14.9. The molecule has 3 rings (SSSR count). The van der Waals surface area contributed by atoms with E-state index < -0.39 is 8.32 Å². The molecule has 1 aliphatic rings. The van der Waals surface area contributed by atoms with Crippen LogP contribution in [-0.4, -0.2) is 66.8 Å². The van der Waals surface area contributed by atoms with E-state index in [4.69, 9.17) is 13.9 Å². The van der Waals surface area contributed by atoms with Crippen LogP contribution in [0.25, 0.3) is 11.1 Å². The maximum atomic E-state index is 6.36. The van der Waals surface area contributed by atoms with Gasteiger partial charge in [-0.25, -0.2) is 0 Å². The van der Waals surface area contributed by atoms with Gasteiger partial charge in [-0.1, -0.05) is 39.0 Å². The van der Waals surface area contributed by atoms with Crippen LogP contribution < -0.4 is 14.4 Å². The lowest BCUT2D eigenvalue weighted by atomic mass is 10.0. The molecule has 0 unspecified atom stereocenters. The Morgan fingerprint density at radius 1 is 0.812 bits per heavy atom. The summed E-state index contributed by atoms with van der Waals surface area (Å²) in [6.45, 7) is 17.7. The Morgan fingerprint density at radius 3 is 1.97 bits per heavy atom. The number of hydrogen-bond acceptors (Lipinski definition) is 5. The van der Waals surface area contributed by atoms with Gasteiger partial charge in [-0.2, -0.15) is 0 Å². The van der Waals surface area contributed by atoms with Crippen molar-refractivity contribution in [1.82, 2.24) is 4.90 Å². The van der Waals surface area contributed by atoms with Gasteiger partial charge in [0.1, 0.15) is 0 Å². The molecule has 1 fully saturated rings. The molecular weight excluding hydrogens is 416 g/mol. The molecule has 0 aliphatic carbocycles. The Hall–Kier alpha value is -2.02. The van der Waals surface area contributed by atoms with Crippen LogP contribution in [0.5, 0.6) is 11.5 Å². The quantitative estimate of drug-likeness (QED) is 0.489. The minimum absolute atomic E-state index is 0.273. The summed E-state index contributed by atoms with van der Waals surface area (Å²) in [4.78, 5) is 5.01. The summed E-state index contributed by atoms with van der Waals surface area (Å²) in [5, 5.41) is 0.273. The molecule has 1 saturated heterocycles. The highest BCUT2D eigenvalue weighted by Gasteiger charge is 2.37. The second kappa shape index (κ2) is 10.3. The van der Waals surface area contributed by atoms with Gasteiger partial charge in [-0.15, -0.1) is 0 Å². The van der Waals surface area contributed by atoms with Crippen LogP contribution in [0.1, 0.15) is 20.8 Å². The van der Waals surface area contributed by atoms with Crippen molar-refractivity contribution in [2.24, 2.45) is 0 Å². The summed E-state index contributed by atoms with van der Waals surface area (Å²) >= 11 is 0. The topological polar surface area (TPSA) is 34.2 Å². The molecule has 0 aromatic heterocycles. The summed E-state index contributed by atoms with van der Waals surface area (Å²) in [5.41, 5.74) is 3.59. The SMILES string of the molecule is COc1ccc(-c2ccc(N3CCN(CCO[Si](C)(C)C(C)(C)C)CC3)cc2)cc1OC. The fourth-order valence-electron chi connectivity index (χ4n) is 3.76. The highest BCUT2D eigenvalue weighted by molar-refractivity contribution is 6.74. The highest BCUT2D eigenvalue weighted by Crippen LogP contribution is 2.36. The molecule has 0 radical (unpaired) electrons. The molecule has 2 aromatic carbocycles. The van der Waals surface area contributed by atoms with Crippen molar-refractivity contribution in [3.8, 4) is 22.6 Å². The summed E-state index contributed by atoms with van der Waals surface area (Å²) in [5.74, 6) is 1.50. The lowest BCUT2D eigenvalue weighted by molar-refractivity contribution is 0.191. The summed E-state index contributed by atoms with van der Waals surface area (Å²) < 4.78 is 17.2. The van der Waals surface area contributed by atoms with Gasteiger partial charge in [0.05, 0.1) is 14.2 Å². The average molecular weight is 457 g/mol. The van der Waals surface area contributed by atoms with Gasteiger partial charge < -0.3 is 18.8 Å². The first kappa shape index (κ1) is 24.6. The number of nitrogens with zero attached hydrogens (tertiary/aromatic N) is 2. The Labute approximate surface area is 195 Å². The molecule has 1 aliphatic heterocycles. The summed E-state index contributed by atoms with van der Waals surface area (Å²) in [6, 6.07) is 14.9. The molecule has 0 atom stereocenters. The Kier molecular flexibility index (Phi) is 7.91. The fourth-order valence-corrected chi connectivity index (χ4v) is 4.79. The normalized spacial score (nSPS) is 15.7. The monoisotopic (exact) mass is 456 g/mol. The van der Waals surface area contributed by atoms with Crippen LogP contribution in [0, 0.1) is 0 Å². The maximum Gasteiger partial charge on any atom is 0.192 e. The van der Waals surface area contributed by atoms with Crippen LogP contribution >= 0.6 is 0 Å². The van der Waals surface area contributed by atoms with Gasteiger partial charge in [0, 0.05) is 45.0 Å². The highest BCUT2D eigenvalue weighted by atomic mass is 28.4. The van der Waals surface area contributed by atoms with E-state index in [1.165, 1.54) is 11.3 Å². The number of ether oxygens (including phenoxy) is 2. The smallest absolute Gasteiger partial charge is 0.192 e. The zero-order valence-electron chi connectivity index (χ0n) is 20.9. The van der Waals surface area contributed by atoms with Crippen LogP contribution in [0.4, 0.5) is 5.69 Å². The van der Waals surface area contributed by atoms with Crippen molar-refractivity contribution >= 4 is 14.0 Å². The molecule has 0 bridgehead atoms. The third-order valence-electron chi connectivity index (χ3n) is 7.00. The first-order valence-corrected chi connectivity index (χ1v) is 14.5. The van der Waals surface area contributed by atoms with Crippen LogP contribution in [0.2, 0.25) is 18.1 Å². The first-order chi connectivity index (χ1) is 15.1. The van der Waals surface area contributed by atoms with E-state index in [1.807, 2.05) is 12.1 Å². The zero-order chi connectivity index (χ0) is 23.4. The number of methoxy groups -OCH3 is 2. The molecule has 0 saturated carbocycles. The molecular formula is C26H40N2O3Si. The first-order valence-electron chi connectivity index (χ1n) is 11.6. The molecule has 5 nitrogen and oxygen atoms in total. The summed E-state index contributed by atoms with van der Waals surface area (Å²) in [7, 11) is 1.68. The third-order valence-corrected chi connectivity index (χ3v) is 11.5. The van der Waals surface area contributed by atoms with Crippen molar-refractivity contribution in [2.75, 3.05) is 58.5 Å². The molecule has 1 heterocycles. The molecule has 0 spiro atoms. The Bertz CT molecular complexity index is 870. The Balaban J connectivity index is 1.52. The number of benzene rings is 2. The van der Waals surface area contributed by atoms with Crippen molar-refractivity contribution < 1.29 is 13.9 Å². The van der Waals surface area contributed by atoms with Crippen molar-refractivity contribution in [3.05, 3.63) is 42.5 Å². The standard InChI is InChI=1S/C26H40N2O3Si/c1-26(2,3)32(6,7)31-19-18-27-14-16-28(17-15-27)23-11-8-21(9-12-23)22-10-13-24(29-4)25(20-22)30-5/h8-13,20H,14-19H2,1-7H3. The van der Waals surface area contributed by atoms with Crippen LogP contribution in [0.15, 0.2) is 42.5 Å². The molecule has 2 aromatic rings. The van der Waals surface area contributed by atoms with Gasteiger partial charge in [0.2, 0.25) is 0 Å². The van der Waals surface area contributed by atoms with E-state index in [2.05, 4.69) is 74.0 Å².